The third kappa shape index (κ3) is 4.14. The van der Waals surface area contributed by atoms with Crippen LogP contribution in [-0.2, 0) is 15.4 Å². The van der Waals surface area contributed by atoms with Crippen LogP contribution in [0.5, 0.6) is 0 Å². The molecule has 0 amide bonds. The standard InChI is InChI=1S/C18H22INO2S/c1-14-9-11-15(12-10-14)23(21,22)20(4)13-18(2,3)16-7-5-6-8-17(16)19/h5-12H,13H2,1-4H3/i2D3. The van der Waals surface area contributed by atoms with E-state index in [4.69, 9.17) is 4.11 Å². The summed E-state index contributed by atoms with van der Waals surface area (Å²) in [7, 11) is -2.36. The fourth-order valence-corrected chi connectivity index (χ4v) is 4.67. The van der Waals surface area contributed by atoms with E-state index in [2.05, 4.69) is 22.6 Å². The molecule has 1 unspecified atom stereocenters. The zero-order chi connectivity index (χ0) is 19.8. The van der Waals surface area contributed by atoms with E-state index >= 15 is 0 Å². The van der Waals surface area contributed by atoms with Gasteiger partial charge in [0.1, 0.15) is 0 Å². The van der Waals surface area contributed by atoms with Gasteiger partial charge in [0.05, 0.1) is 4.90 Å². The Balaban J connectivity index is 2.46. The first-order valence-corrected chi connectivity index (χ1v) is 9.69. The molecule has 1 atom stereocenters. The van der Waals surface area contributed by atoms with Gasteiger partial charge in [0.25, 0.3) is 0 Å². The van der Waals surface area contributed by atoms with Crippen LogP contribution in [0.25, 0.3) is 0 Å². The van der Waals surface area contributed by atoms with Crippen molar-refractivity contribution in [2.24, 2.45) is 0 Å². The summed E-state index contributed by atoms with van der Waals surface area (Å²) in [5.74, 6) is 0. The van der Waals surface area contributed by atoms with Gasteiger partial charge < -0.3 is 0 Å². The third-order valence-corrected chi connectivity index (χ3v) is 6.49. The summed E-state index contributed by atoms with van der Waals surface area (Å²) in [6.45, 7) is 0.951. The molecule has 2 aromatic carbocycles. The summed E-state index contributed by atoms with van der Waals surface area (Å²) in [6.07, 6.45) is 0. The largest absolute Gasteiger partial charge is 0.242 e. The maximum Gasteiger partial charge on any atom is 0.242 e. The number of rotatable bonds is 5. The quantitative estimate of drug-likeness (QED) is 0.646. The van der Waals surface area contributed by atoms with Gasteiger partial charge in [0.15, 0.2) is 0 Å². The molecule has 2 aromatic rings. The van der Waals surface area contributed by atoms with Gasteiger partial charge >= 0.3 is 0 Å². The molecule has 5 heteroatoms. The van der Waals surface area contributed by atoms with Crippen LogP contribution in [-0.4, -0.2) is 26.3 Å². The highest BCUT2D eigenvalue weighted by molar-refractivity contribution is 14.1. The van der Waals surface area contributed by atoms with E-state index in [0.717, 1.165) is 13.4 Å². The van der Waals surface area contributed by atoms with Crippen molar-refractivity contribution in [3.8, 4) is 0 Å². The molecule has 3 nitrogen and oxygen atoms in total. The number of hydrogen-bond acceptors (Lipinski definition) is 2. The molecule has 2 rings (SSSR count). The lowest BCUT2D eigenvalue weighted by atomic mass is 9.85. The maximum absolute atomic E-state index is 12.9. The van der Waals surface area contributed by atoms with Gasteiger partial charge in [-0.25, -0.2) is 12.7 Å². The van der Waals surface area contributed by atoms with Gasteiger partial charge in [-0.15, -0.1) is 0 Å². The fourth-order valence-electron chi connectivity index (χ4n) is 2.41. The fraction of sp³-hybridized carbons (Fsp3) is 0.333. The van der Waals surface area contributed by atoms with Crippen molar-refractivity contribution in [3.63, 3.8) is 0 Å². The smallest absolute Gasteiger partial charge is 0.207 e. The Kier molecular flexibility index (Phi) is 4.33. The molecule has 0 aliphatic carbocycles. The summed E-state index contributed by atoms with van der Waals surface area (Å²) in [4.78, 5) is 0.154. The SMILES string of the molecule is [2H]C([2H])([2H])C(C)(CN(C)S(=O)(=O)c1ccc(C)cc1)c1ccccc1I. The van der Waals surface area contributed by atoms with Gasteiger partial charge in [0, 0.05) is 26.7 Å². The van der Waals surface area contributed by atoms with E-state index in [0.29, 0.717) is 5.56 Å². The monoisotopic (exact) mass is 446 g/mol. The van der Waals surface area contributed by atoms with Crippen LogP contribution >= 0.6 is 22.6 Å². The highest BCUT2D eigenvalue weighted by atomic mass is 127. The van der Waals surface area contributed by atoms with Crippen molar-refractivity contribution in [1.82, 2.24) is 4.31 Å². The van der Waals surface area contributed by atoms with Crippen LogP contribution in [0.2, 0.25) is 0 Å². The zero-order valence-electron chi connectivity index (χ0n) is 16.4. The molecule has 0 saturated heterocycles. The van der Waals surface area contributed by atoms with E-state index in [1.54, 1.807) is 43.3 Å². The van der Waals surface area contributed by atoms with Crippen molar-refractivity contribution in [2.75, 3.05) is 13.6 Å². The third-order valence-electron chi connectivity index (χ3n) is 3.74. The van der Waals surface area contributed by atoms with Crippen LogP contribution in [0.1, 0.15) is 29.0 Å². The molecular formula is C18H22INO2S. The molecule has 0 heterocycles. The molecule has 0 radical (unpaired) electrons. The Bertz CT molecular complexity index is 882. The van der Waals surface area contributed by atoms with Gasteiger partial charge in [-0.1, -0.05) is 49.7 Å². The number of likely N-dealkylation sites (N-methyl/N-ethyl adjacent to an activating group) is 1. The minimum absolute atomic E-state index is 0.153. The van der Waals surface area contributed by atoms with Crippen molar-refractivity contribution in [3.05, 3.63) is 63.2 Å². The minimum Gasteiger partial charge on any atom is -0.207 e. The second-order valence-electron chi connectivity index (χ2n) is 5.89. The highest BCUT2D eigenvalue weighted by Gasteiger charge is 2.30. The Morgan fingerprint density at radius 1 is 1.17 bits per heavy atom. The Morgan fingerprint density at radius 2 is 1.78 bits per heavy atom. The lowest BCUT2D eigenvalue weighted by molar-refractivity contribution is 0.371. The van der Waals surface area contributed by atoms with E-state index in [1.165, 1.54) is 7.05 Å². The first-order valence-electron chi connectivity index (χ1n) is 8.67. The average Bonchev–Trinajstić information content (AvgIpc) is 2.54. The van der Waals surface area contributed by atoms with Crippen LogP contribution in [0.3, 0.4) is 0 Å². The summed E-state index contributed by atoms with van der Waals surface area (Å²) in [5.41, 5.74) is 0.237. The van der Waals surface area contributed by atoms with Gasteiger partial charge in [-0.3, -0.25) is 0 Å². The average molecular weight is 446 g/mol. The first-order chi connectivity index (χ1) is 11.9. The van der Waals surface area contributed by atoms with E-state index in [1.807, 2.05) is 19.1 Å². The molecule has 0 aromatic heterocycles. The second-order valence-corrected chi connectivity index (χ2v) is 9.09. The Morgan fingerprint density at radius 3 is 2.35 bits per heavy atom. The summed E-state index contributed by atoms with van der Waals surface area (Å²) in [6, 6.07) is 13.7. The number of benzene rings is 2. The highest BCUT2D eigenvalue weighted by Crippen LogP contribution is 2.29. The normalized spacial score (nSPS) is 17.2. The number of nitrogens with zero attached hydrogens (tertiary/aromatic N) is 1. The number of aryl methyl sites for hydroxylation is 1. The van der Waals surface area contributed by atoms with E-state index in [9.17, 15) is 8.42 Å². The zero-order valence-corrected chi connectivity index (χ0v) is 16.3. The molecule has 0 aliphatic rings. The van der Waals surface area contributed by atoms with Gasteiger partial charge in [-0.2, -0.15) is 0 Å². The summed E-state index contributed by atoms with van der Waals surface area (Å²) < 4.78 is 51.9. The van der Waals surface area contributed by atoms with Crippen LogP contribution in [0.15, 0.2) is 53.4 Å². The minimum atomic E-state index is -3.79. The van der Waals surface area contributed by atoms with Crippen LogP contribution in [0.4, 0.5) is 0 Å². The molecule has 0 fully saturated rings. The molecular weight excluding hydrogens is 421 g/mol. The number of sulfonamides is 1. The summed E-state index contributed by atoms with van der Waals surface area (Å²) >= 11 is 2.09. The molecule has 0 N–H and O–H groups in total. The van der Waals surface area contributed by atoms with Crippen molar-refractivity contribution in [2.45, 2.75) is 31.0 Å². The lowest BCUT2D eigenvalue weighted by Crippen LogP contribution is -2.38. The van der Waals surface area contributed by atoms with E-state index < -0.39 is 22.3 Å². The second kappa shape index (κ2) is 6.91. The molecule has 124 valence electrons. The number of hydrogen-bond donors (Lipinski definition) is 0. The van der Waals surface area contributed by atoms with Crippen molar-refractivity contribution < 1.29 is 12.5 Å². The van der Waals surface area contributed by atoms with Gasteiger partial charge in [-0.05, 0) is 53.3 Å². The van der Waals surface area contributed by atoms with Crippen LogP contribution in [0, 0.1) is 10.5 Å². The summed E-state index contributed by atoms with van der Waals surface area (Å²) in [5, 5.41) is 0. The topological polar surface area (TPSA) is 37.4 Å². The Hall–Kier alpha value is -0.920. The maximum atomic E-state index is 12.9. The molecule has 0 bridgehead atoms. The Labute approximate surface area is 157 Å². The first kappa shape index (κ1) is 14.4. The van der Waals surface area contributed by atoms with Crippen LogP contribution < -0.4 is 0 Å². The molecule has 0 aliphatic heterocycles. The number of halogens is 1. The molecule has 0 saturated carbocycles. The lowest BCUT2D eigenvalue weighted by Gasteiger charge is -2.31. The molecule has 0 spiro atoms. The van der Waals surface area contributed by atoms with Crippen molar-refractivity contribution >= 4 is 32.6 Å². The predicted octanol–water partition coefficient (Wildman–Crippen LogP) is 4.20. The molecule has 23 heavy (non-hydrogen) atoms. The van der Waals surface area contributed by atoms with Gasteiger partial charge in [0.2, 0.25) is 10.0 Å². The van der Waals surface area contributed by atoms with Crippen molar-refractivity contribution in [1.29, 1.82) is 0 Å². The van der Waals surface area contributed by atoms with E-state index in [-0.39, 0.29) is 11.4 Å². The predicted molar refractivity (Wildman–Crippen MR) is 103 cm³/mol.